The summed E-state index contributed by atoms with van der Waals surface area (Å²) in [7, 11) is 0. The Labute approximate surface area is 114 Å². The number of aliphatic hydroxyl groups is 1. The minimum absolute atomic E-state index is 0.118. The van der Waals surface area contributed by atoms with E-state index in [1.807, 2.05) is 0 Å². The van der Waals surface area contributed by atoms with Gasteiger partial charge in [0.2, 0.25) is 5.91 Å². The molecule has 0 aliphatic carbocycles. The number of rotatable bonds is 0. The minimum Gasteiger partial charge on any atom is -0.393 e. The molecular formula is C15H24N2O2. The summed E-state index contributed by atoms with van der Waals surface area (Å²) in [5, 5.41) is 9.92. The van der Waals surface area contributed by atoms with Crippen LogP contribution in [0.4, 0.5) is 0 Å². The Kier molecular flexibility index (Phi) is 2.85. The first-order chi connectivity index (χ1) is 9.22. The Morgan fingerprint density at radius 1 is 1.05 bits per heavy atom. The predicted octanol–water partition coefficient (Wildman–Crippen LogP) is 0.843. The van der Waals surface area contributed by atoms with Crippen molar-refractivity contribution in [1.29, 1.82) is 0 Å². The lowest BCUT2D eigenvalue weighted by molar-refractivity contribution is -0.150. The van der Waals surface area contributed by atoms with E-state index < -0.39 is 0 Å². The smallest absolute Gasteiger partial charge is 0.222 e. The van der Waals surface area contributed by atoms with Crippen LogP contribution in [0.2, 0.25) is 0 Å². The van der Waals surface area contributed by atoms with Gasteiger partial charge in [0.1, 0.15) is 0 Å². The fourth-order valence-electron chi connectivity index (χ4n) is 5.07. The van der Waals surface area contributed by atoms with Crippen molar-refractivity contribution in [1.82, 2.24) is 9.80 Å². The number of hydrogen-bond donors (Lipinski definition) is 1. The van der Waals surface area contributed by atoms with Gasteiger partial charge in [-0.05, 0) is 43.9 Å². The van der Waals surface area contributed by atoms with E-state index in [1.54, 1.807) is 0 Å². The van der Waals surface area contributed by atoms with Crippen LogP contribution in [0.3, 0.4) is 0 Å². The third kappa shape index (κ3) is 1.91. The molecule has 2 bridgehead atoms. The van der Waals surface area contributed by atoms with Crippen molar-refractivity contribution >= 4 is 5.91 Å². The van der Waals surface area contributed by atoms with Crippen molar-refractivity contribution < 1.29 is 9.90 Å². The summed E-state index contributed by atoms with van der Waals surface area (Å²) in [6.07, 6.45) is 6.07. The maximum Gasteiger partial charge on any atom is 0.222 e. The Morgan fingerprint density at radius 2 is 1.89 bits per heavy atom. The van der Waals surface area contributed by atoms with Crippen molar-refractivity contribution in [2.24, 2.45) is 11.8 Å². The zero-order valence-corrected chi connectivity index (χ0v) is 11.5. The third-order valence-corrected chi connectivity index (χ3v) is 5.94. The van der Waals surface area contributed by atoms with Gasteiger partial charge in [-0.25, -0.2) is 0 Å². The molecule has 4 nitrogen and oxygen atoms in total. The molecule has 4 saturated heterocycles. The average molecular weight is 264 g/mol. The molecule has 106 valence electrons. The number of fused-ring (bicyclic) bond motifs is 6. The second kappa shape index (κ2) is 4.45. The molecule has 5 atom stereocenters. The van der Waals surface area contributed by atoms with E-state index in [2.05, 4.69) is 9.80 Å². The van der Waals surface area contributed by atoms with Gasteiger partial charge < -0.3 is 10.0 Å². The summed E-state index contributed by atoms with van der Waals surface area (Å²) >= 11 is 0. The van der Waals surface area contributed by atoms with Crippen molar-refractivity contribution in [3.05, 3.63) is 0 Å². The van der Waals surface area contributed by atoms with Crippen LogP contribution in [-0.2, 0) is 4.79 Å². The lowest BCUT2D eigenvalue weighted by Crippen LogP contribution is -2.65. The van der Waals surface area contributed by atoms with E-state index in [9.17, 15) is 9.90 Å². The number of hydrogen-bond acceptors (Lipinski definition) is 3. The van der Waals surface area contributed by atoms with E-state index in [4.69, 9.17) is 0 Å². The fraction of sp³-hybridized carbons (Fsp3) is 0.933. The maximum atomic E-state index is 12.1. The first kappa shape index (κ1) is 12.2. The Hall–Kier alpha value is -0.610. The molecule has 0 aromatic rings. The third-order valence-electron chi connectivity index (χ3n) is 5.94. The molecule has 0 spiro atoms. The number of carbonyl (C=O) groups is 1. The summed E-state index contributed by atoms with van der Waals surface area (Å²) < 4.78 is 0. The van der Waals surface area contributed by atoms with Gasteiger partial charge in [0.15, 0.2) is 0 Å². The van der Waals surface area contributed by atoms with E-state index in [0.717, 1.165) is 45.3 Å². The van der Waals surface area contributed by atoms with Crippen LogP contribution in [0.25, 0.3) is 0 Å². The molecule has 4 rings (SSSR count). The molecule has 4 heteroatoms. The number of nitrogens with zero attached hydrogens (tertiary/aromatic N) is 2. The normalized spacial score (nSPS) is 46.7. The zero-order chi connectivity index (χ0) is 13.0. The van der Waals surface area contributed by atoms with E-state index in [0.29, 0.717) is 29.8 Å². The molecule has 4 aliphatic heterocycles. The highest BCUT2D eigenvalue weighted by Gasteiger charge is 2.48. The number of carbonyl (C=O) groups excluding carboxylic acids is 1. The molecule has 4 heterocycles. The fourth-order valence-corrected chi connectivity index (χ4v) is 5.07. The molecule has 1 amide bonds. The molecule has 0 saturated carbocycles. The molecule has 0 unspecified atom stereocenters. The van der Waals surface area contributed by atoms with Crippen molar-refractivity contribution in [2.75, 3.05) is 19.6 Å². The second-order valence-corrected chi connectivity index (χ2v) is 7.00. The van der Waals surface area contributed by atoms with Gasteiger partial charge in [-0.2, -0.15) is 0 Å². The maximum absolute atomic E-state index is 12.1. The molecular weight excluding hydrogens is 240 g/mol. The summed E-state index contributed by atoms with van der Waals surface area (Å²) in [6.45, 7) is 3.16. The summed E-state index contributed by atoms with van der Waals surface area (Å²) in [4.78, 5) is 17.0. The largest absolute Gasteiger partial charge is 0.393 e. The van der Waals surface area contributed by atoms with Crippen molar-refractivity contribution in [3.8, 4) is 0 Å². The second-order valence-electron chi connectivity index (χ2n) is 7.00. The minimum atomic E-state index is -0.118. The highest BCUT2D eigenvalue weighted by molar-refractivity contribution is 5.77. The zero-order valence-electron chi connectivity index (χ0n) is 11.5. The SMILES string of the molecule is O=C1CCC[C@@H]2[C@H]3C[C@H](CN12)[C@@H]1C[C@@H](O)CCN1C3. The van der Waals surface area contributed by atoms with Crippen LogP contribution in [0.15, 0.2) is 0 Å². The first-order valence-electron chi connectivity index (χ1n) is 7.94. The molecule has 0 aromatic carbocycles. The molecule has 0 aromatic heterocycles. The van der Waals surface area contributed by atoms with Gasteiger partial charge in [-0.15, -0.1) is 0 Å². The first-order valence-corrected chi connectivity index (χ1v) is 7.94. The Morgan fingerprint density at radius 3 is 2.79 bits per heavy atom. The average Bonchev–Trinajstić information content (AvgIpc) is 2.41. The van der Waals surface area contributed by atoms with Crippen LogP contribution >= 0.6 is 0 Å². The van der Waals surface area contributed by atoms with Crippen LogP contribution in [0.1, 0.15) is 38.5 Å². The van der Waals surface area contributed by atoms with Crippen LogP contribution < -0.4 is 0 Å². The molecule has 0 radical (unpaired) electrons. The van der Waals surface area contributed by atoms with Gasteiger partial charge in [-0.3, -0.25) is 9.69 Å². The van der Waals surface area contributed by atoms with Crippen molar-refractivity contribution in [2.45, 2.75) is 56.7 Å². The van der Waals surface area contributed by atoms with Crippen LogP contribution in [0.5, 0.6) is 0 Å². The van der Waals surface area contributed by atoms with Crippen LogP contribution in [0, 0.1) is 11.8 Å². The van der Waals surface area contributed by atoms with Gasteiger partial charge >= 0.3 is 0 Å². The molecule has 19 heavy (non-hydrogen) atoms. The van der Waals surface area contributed by atoms with Gasteiger partial charge in [0.05, 0.1) is 6.10 Å². The molecule has 1 N–H and O–H groups in total. The Balaban J connectivity index is 1.58. The monoisotopic (exact) mass is 264 g/mol. The summed E-state index contributed by atoms with van der Waals surface area (Å²) in [6, 6.07) is 1.04. The lowest BCUT2D eigenvalue weighted by Gasteiger charge is -2.57. The van der Waals surface area contributed by atoms with Crippen LogP contribution in [-0.4, -0.2) is 58.6 Å². The van der Waals surface area contributed by atoms with Gasteiger partial charge in [0.25, 0.3) is 0 Å². The lowest BCUT2D eigenvalue weighted by atomic mass is 9.70. The van der Waals surface area contributed by atoms with E-state index >= 15 is 0 Å². The highest BCUT2D eigenvalue weighted by atomic mass is 16.3. The number of amides is 1. The standard InChI is InChI=1S/C15H24N2O2/c18-12-4-5-16-8-10-6-11(14(16)7-12)9-17-13(10)2-1-3-15(17)19/h10-14,18H,1-9H2/t10-,11+,12-,13+,14-/m0/s1. The summed E-state index contributed by atoms with van der Waals surface area (Å²) in [5.74, 6) is 1.68. The Bertz CT molecular complexity index is 386. The number of aliphatic hydroxyl groups excluding tert-OH is 1. The quantitative estimate of drug-likeness (QED) is 0.705. The van der Waals surface area contributed by atoms with E-state index in [1.165, 1.54) is 12.8 Å². The number of piperidine rings is 4. The topological polar surface area (TPSA) is 43.8 Å². The molecule has 4 fully saturated rings. The van der Waals surface area contributed by atoms with Crippen molar-refractivity contribution in [3.63, 3.8) is 0 Å². The molecule has 4 aliphatic rings. The highest BCUT2D eigenvalue weighted by Crippen LogP contribution is 2.42. The van der Waals surface area contributed by atoms with Gasteiger partial charge in [0, 0.05) is 38.1 Å². The van der Waals surface area contributed by atoms with E-state index in [-0.39, 0.29) is 6.10 Å². The predicted molar refractivity (Wildman–Crippen MR) is 71.6 cm³/mol. The summed E-state index contributed by atoms with van der Waals surface area (Å²) in [5.41, 5.74) is 0. The van der Waals surface area contributed by atoms with Gasteiger partial charge in [-0.1, -0.05) is 0 Å².